The van der Waals surface area contributed by atoms with Crippen molar-refractivity contribution in [3.63, 3.8) is 0 Å². The lowest BCUT2D eigenvalue weighted by molar-refractivity contribution is 0.188. The second-order valence-electron chi connectivity index (χ2n) is 4.12. The zero-order chi connectivity index (χ0) is 13.0. The van der Waals surface area contributed by atoms with E-state index in [0.717, 1.165) is 24.4 Å². The summed E-state index contributed by atoms with van der Waals surface area (Å²) in [5.41, 5.74) is 7.85. The van der Waals surface area contributed by atoms with E-state index < -0.39 is 0 Å². The molecule has 0 aliphatic rings. The van der Waals surface area contributed by atoms with Gasteiger partial charge >= 0.3 is 0 Å². The number of methoxy groups -OCH3 is 1. The van der Waals surface area contributed by atoms with Crippen molar-refractivity contribution in [2.24, 2.45) is 12.8 Å². The maximum absolute atomic E-state index is 6.17. The monoisotopic (exact) mass is 250 g/mol. The number of ether oxygens (including phenoxy) is 1. The van der Waals surface area contributed by atoms with E-state index in [1.54, 1.807) is 18.0 Å². The number of aromatic nitrogens is 5. The van der Waals surface area contributed by atoms with Crippen LogP contribution in [0.15, 0.2) is 18.5 Å². The Morgan fingerprint density at radius 2 is 2.33 bits per heavy atom. The van der Waals surface area contributed by atoms with Gasteiger partial charge < -0.3 is 10.5 Å². The third kappa shape index (κ3) is 2.74. The van der Waals surface area contributed by atoms with Crippen molar-refractivity contribution in [3.8, 4) is 0 Å². The number of hydrogen-bond acceptors (Lipinski definition) is 5. The Bertz CT molecular complexity index is 491. The summed E-state index contributed by atoms with van der Waals surface area (Å²) in [6.45, 7) is 1.49. The minimum absolute atomic E-state index is 0.302. The zero-order valence-electron chi connectivity index (χ0n) is 10.7. The molecule has 1 unspecified atom stereocenters. The van der Waals surface area contributed by atoms with Crippen molar-refractivity contribution in [1.82, 2.24) is 24.8 Å². The number of nitrogens with zero attached hydrogens (tertiary/aromatic N) is 5. The summed E-state index contributed by atoms with van der Waals surface area (Å²) in [7, 11) is 3.51. The molecule has 0 saturated carbocycles. The molecule has 0 saturated heterocycles. The molecule has 98 valence electrons. The molecule has 18 heavy (non-hydrogen) atoms. The first kappa shape index (κ1) is 12.7. The number of nitrogens with two attached hydrogens (primary N) is 1. The summed E-state index contributed by atoms with van der Waals surface area (Å²) < 4.78 is 8.56. The molecular formula is C11H18N6O. The van der Waals surface area contributed by atoms with E-state index in [1.165, 1.54) is 0 Å². The van der Waals surface area contributed by atoms with Crippen LogP contribution in [-0.4, -0.2) is 38.5 Å². The molecule has 2 rings (SSSR count). The van der Waals surface area contributed by atoms with Gasteiger partial charge in [-0.15, -0.1) is 5.10 Å². The molecule has 2 heterocycles. The fourth-order valence-corrected chi connectivity index (χ4v) is 1.81. The smallest absolute Gasteiger partial charge is 0.105 e. The predicted molar refractivity (Wildman–Crippen MR) is 65.8 cm³/mol. The highest BCUT2D eigenvalue weighted by atomic mass is 16.5. The molecule has 7 nitrogen and oxygen atoms in total. The summed E-state index contributed by atoms with van der Waals surface area (Å²) in [6, 6.07) is 1.61. The molecule has 7 heteroatoms. The van der Waals surface area contributed by atoms with Crippen LogP contribution in [0.4, 0.5) is 0 Å². The van der Waals surface area contributed by atoms with Crippen LogP contribution in [0.1, 0.15) is 23.9 Å². The molecule has 2 aromatic rings. The third-order valence-corrected chi connectivity index (χ3v) is 2.73. The molecule has 0 bridgehead atoms. The fraction of sp³-hybridized carbons (Fsp3) is 0.545. The van der Waals surface area contributed by atoms with Crippen LogP contribution in [-0.2, 0) is 18.3 Å². The number of rotatable bonds is 6. The number of hydrogen-bond donors (Lipinski definition) is 1. The van der Waals surface area contributed by atoms with Gasteiger partial charge in [0, 0.05) is 33.5 Å². The Hall–Kier alpha value is -1.73. The van der Waals surface area contributed by atoms with Gasteiger partial charge in [-0.1, -0.05) is 5.21 Å². The lowest BCUT2D eigenvalue weighted by atomic mass is 10.1. The van der Waals surface area contributed by atoms with Gasteiger partial charge in [0.25, 0.3) is 0 Å². The summed E-state index contributed by atoms with van der Waals surface area (Å²) >= 11 is 0. The highest BCUT2D eigenvalue weighted by Crippen LogP contribution is 2.16. The van der Waals surface area contributed by atoms with Gasteiger partial charge in [-0.3, -0.25) is 9.36 Å². The first-order chi connectivity index (χ1) is 8.72. The lowest BCUT2D eigenvalue weighted by Gasteiger charge is -2.11. The Morgan fingerprint density at radius 1 is 1.50 bits per heavy atom. The standard InChI is InChI=1S/C11H18N6O/c1-16-8-9(14-15-16)11(12)10-4-5-13-17(10)6-3-7-18-2/h4-5,8,11H,3,6-7,12H2,1-2H3. The van der Waals surface area contributed by atoms with Crippen LogP contribution >= 0.6 is 0 Å². The van der Waals surface area contributed by atoms with Gasteiger partial charge in [-0.2, -0.15) is 5.10 Å². The molecule has 2 N–H and O–H groups in total. The van der Waals surface area contributed by atoms with E-state index in [2.05, 4.69) is 15.4 Å². The van der Waals surface area contributed by atoms with Crippen molar-refractivity contribution in [3.05, 3.63) is 29.8 Å². The maximum Gasteiger partial charge on any atom is 0.105 e. The van der Waals surface area contributed by atoms with Crippen LogP contribution in [0.3, 0.4) is 0 Å². The average Bonchev–Trinajstić information content (AvgIpc) is 2.97. The van der Waals surface area contributed by atoms with Crippen LogP contribution < -0.4 is 5.73 Å². The Labute approximate surface area is 106 Å². The van der Waals surface area contributed by atoms with Crippen LogP contribution in [0, 0.1) is 0 Å². The lowest BCUT2D eigenvalue weighted by Crippen LogP contribution is -2.18. The first-order valence-corrected chi connectivity index (χ1v) is 5.85. The Morgan fingerprint density at radius 3 is 3.00 bits per heavy atom. The van der Waals surface area contributed by atoms with Crippen LogP contribution in [0.25, 0.3) is 0 Å². The predicted octanol–water partition coefficient (Wildman–Crippen LogP) is 0.0962. The molecule has 0 aliphatic carbocycles. The summed E-state index contributed by atoms with van der Waals surface area (Å²) in [4.78, 5) is 0. The second kappa shape index (κ2) is 5.74. The molecule has 1 atom stereocenters. The van der Waals surface area contributed by atoms with Crippen molar-refractivity contribution in [1.29, 1.82) is 0 Å². The quantitative estimate of drug-likeness (QED) is 0.735. The maximum atomic E-state index is 6.17. The van der Waals surface area contributed by atoms with E-state index >= 15 is 0 Å². The van der Waals surface area contributed by atoms with Gasteiger partial charge in [0.15, 0.2) is 0 Å². The first-order valence-electron chi connectivity index (χ1n) is 5.85. The van der Waals surface area contributed by atoms with E-state index in [4.69, 9.17) is 10.5 Å². The fourth-order valence-electron chi connectivity index (χ4n) is 1.81. The van der Waals surface area contributed by atoms with Gasteiger partial charge in [-0.05, 0) is 12.5 Å². The Kier molecular flexibility index (Phi) is 4.06. The summed E-state index contributed by atoms with van der Waals surface area (Å²) in [5.74, 6) is 0. The third-order valence-electron chi connectivity index (χ3n) is 2.73. The molecule has 0 radical (unpaired) electrons. The second-order valence-corrected chi connectivity index (χ2v) is 4.12. The van der Waals surface area contributed by atoms with Crippen LogP contribution in [0.5, 0.6) is 0 Å². The van der Waals surface area contributed by atoms with E-state index in [-0.39, 0.29) is 6.04 Å². The average molecular weight is 250 g/mol. The molecule has 0 spiro atoms. The minimum atomic E-state index is -0.302. The molecule has 0 fully saturated rings. The molecule has 0 amide bonds. The van der Waals surface area contributed by atoms with E-state index in [9.17, 15) is 0 Å². The van der Waals surface area contributed by atoms with Gasteiger partial charge in [0.05, 0.1) is 17.9 Å². The topological polar surface area (TPSA) is 83.8 Å². The van der Waals surface area contributed by atoms with Gasteiger partial charge in [0.2, 0.25) is 0 Å². The normalized spacial score (nSPS) is 12.8. The number of aryl methyl sites for hydroxylation is 2. The molecule has 0 aliphatic heterocycles. The highest BCUT2D eigenvalue weighted by molar-refractivity contribution is 5.18. The zero-order valence-corrected chi connectivity index (χ0v) is 10.7. The van der Waals surface area contributed by atoms with Crippen molar-refractivity contribution in [2.75, 3.05) is 13.7 Å². The molecular weight excluding hydrogens is 232 g/mol. The van der Waals surface area contributed by atoms with Crippen molar-refractivity contribution < 1.29 is 4.74 Å². The highest BCUT2D eigenvalue weighted by Gasteiger charge is 2.16. The summed E-state index contributed by atoms with van der Waals surface area (Å²) in [5, 5.41) is 12.2. The van der Waals surface area contributed by atoms with E-state index in [0.29, 0.717) is 6.61 Å². The Balaban J connectivity index is 2.10. The largest absolute Gasteiger partial charge is 0.385 e. The van der Waals surface area contributed by atoms with Crippen molar-refractivity contribution >= 4 is 0 Å². The van der Waals surface area contributed by atoms with Gasteiger partial charge in [0.1, 0.15) is 5.69 Å². The molecule has 0 aromatic carbocycles. The SMILES string of the molecule is COCCCn1nccc1C(N)c1cn(C)nn1. The summed E-state index contributed by atoms with van der Waals surface area (Å²) in [6.07, 6.45) is 4.47. The van der Waals surface area contributed by atoms with Gasteiger partial charge in [-0.25, -0.2) is 0 Å². The minimum Gasteiger partial charge on any atom is -0.385 e. The molecule has 2 aromatic heterocycles. The van der Waals surface area contributed by atoms with Crippen molar-refractivity contribution in [2.45, 2.75) is 19.0 Å². The van der Waals surface area contributed by atoms with Crippen LogP contribution in [0.2, 0.25) is 0 Å². The van der Waals surface area contributed by atoms with E-state index in [1.807, 2.05) is 24.0 Å².